The molecule has 0 spiro atoms. The molecule has 6 heteroatoms. The van der Waals surface area contributed by atoms with Gasteiger partial charge in [-0.1, -0.05) is 0 Å². The Morgan fingerprint density at radius 1 is 1.36 bits per heavy atom. The number of sulfonamides is 1. The second-order valence-corrected chi connectivity index (χ2v) is 8.93. The predicted molar refractivity (Wildman–Crippen MR) is 88.8 cm³/mol. The lowest BCUT2D eigenvalue weighted by molar-refractivity contribution is 0.0919. The number of hydrogen-bond donors (Lipinski definition) is 1. The van der Waals surface area contributed by atoms with E-state index in [9.17, 15) is 13.2 Å². The Morgan fingerprint density at radius 3 is 2.55 bits per heavy atom. The van der Waals surface area contributed by atoms with Crippen molar-refractivity contribution in [2.45, 2.75) is 52.6 Å². The number of rotatable bonds is 3. The van der Waals surface area contributed by atoms with E-state index in [4.69, 9.17) is 0 Å². The summed E-state index contributed by atoms with van der Waals surface area (Å²) in [6, 6.07) is 5.12. The standard InChI is InChI=1S/C16H24N2O3S/c1-6-22(20,21)18-11(2)9-13-10-12(7-8-14(13)18)15(19)17-16(3,4)5/h7-8,10-11H,6,9H2,1-5H3,(H,17,19)/t11-/m1/s1. The van der Waals surface area contributed by atoms with Crippen molar-refractivity contribution >= 4 is 21.6 Å². The third-order valence-corrected chi connectivity index (χ3v) is 5.53. The number of nitrogens with zero attached hydrogens (tertiary/aromatic N) is 1. The van der Waals surface area contributed by atoms with Crippen LogP contribution in [0.4, 0.5) is 5.69 Å². The van der Waals surface area contributed by atoms with E-state index < -0.39 is 10.0 Å². The van der Waals surface area contributed by atoms with Crippen LogP contribution in [0.1, 0.15) is 50.5 Å². The minimum atomic E-state index is -3.29. The maximum atomic E-state index is 12.2. The summed E-state index contributed by atoms with van der Waals surface area (Å²) in [7, 11) is -3.29. The van der Waals surface area contributed by atoms with E-state index >= 15 is 0 Å². The van der Waals surface area contributed by atoms with Crippen molar-refractivity contribution in [1.82, 2.24) is 5.32 Å². The van der Waals surface area contributed by atoms with Crippen molar-refractivity contribution < 1.29 is 13.2 Å². The van der Waals surface area contributed by atoms with Crippen LogP contribution >= 0.6 is 0 Å². The average molecular weight is 324 g/mol. The third-order valence-electron chi connectivity index (χ3n) is 3.65. The fraction of sp³-hybridized carbons (Fsp3) is 0.562. The molecular formula is C16H24N2O3S. The van der Waals surface area contributed by atoms with Gasteiger partial charge in [0.05, 0.1) is 11.4 Å². The molecule has 0 fully saturated rings. The Labute approximate surface area is 132 Å². The van der Waals surface area contributed by atoms with Gasteiger partial charge in [0.2, 0.25) is 10.0 Å². The molecule has 1 aliphatic heterocycles. The topological polar surface area (TPSA) is 66.5 Å². The number of nitrogens with one attached hydrogen (secondary N) is 1. The number of benzene rings is 1. The predicted octanol–water partition coefficient (Wildman–Crippen LogP) is 2.32. The summed E-state index contributed by atoms with van der Waals surface area (Å²) >= 11 is 0. The highest BCUT2D eigenvalue weighted by Gasteiger charge is 2.34. The molecule has 0 unspecified atom stereocenters. The van der Waals surface area contributed by atoms with Gasteiger partial charge in [-0.3, -0.25) is 9.10 Å². The number of amides is 1. The first-order valence-electron chi connectivity index (χ1n) is 7.52. The molecular weight excluding hydrogens is 300 g/mol. The number of anilines is 1. The summed E-state index contributed by atoms with van der Waals surface area (Å²) in [5.74, 6) is -0.0667. The molecule has 5 nitrogen and oxygen atoms in total. The van der Waals surface area contributed by atoms with Crippen molar-refractivity contribution in [2.24, 2.45) is 0 Å². The van der Waals surface area contributed by atoms with Crippen molar-refractivity contribution in [1.29, 1.82) is 0 Å². The van der Waals surface area contributed by atoms with Crippen LogP contribution in [0, 0.1) is 0 Å². The third kappa shape index (κ3) is 3.27. The first-order valence-corrected chi connectivity index (χ1v) is 9.13. The molecule has 2 rings (SSSR count). The summed E-state index contributed by atoms with van der Waals surface area (Å²) in [5, 5.41) is 2.92. The Hall–Kier alpha value is -1.56. The van der Waals surface area contributed by atoms with E-state index in [1.165, 1.54) is 4.31 Å². The quantitative estimate of drug-likeness (QED) is 0.928. The molecule has 0 saturated heterocycles. The van der Waals surface area contributed by atoms with Crippen molar-refractivity contribution in [3.05, 3.63) is 29.3 Å². The van der Waals surface area contributed by atoms with Crippen LogP contribution < -0.4 is 9.62 Å². The maximum absolute atomic E-state index is 12.2. The molecule has 0 radical (unpaired) electrons. The van der Waals surface area contributed by atoms with E-state index in [2.05, 4.69) is 5.32 Å². The molecule has 1 aliphatic rings. The minimum absolute atomic E-state index is 0.0725. The SMILES string of the molecule is CCS(=O)(=O)N1c2ccc(C(=O)NC(C)(C)C)cc2C[C@H]1C. The van der Waals surface area contributed by atoms with Crippen LogP contribution in [0.15, 0.2) is 18.2 Å². The molecule has 122 valence electrons. The summed E-state index contributed by atoms with van der Waals surface area (Å²) in [6.45, 7) is 9.31. The van der Waals surface area contributed by atoms with E-state index in [1.807, 2.05) is 27.7 Å². The van der Waals surface area contributed by atoms with E-state index in [0.717, 1.165) is 5.56 Å². The molecule has 1 N–H and O–H groups in total. The Morgan fingerprint density at radius 2 is 2.00 bits per heavy atom. The van der Waals surface area contributed by atoms with Gasteiger partial charge >= 0.3 is 0 Å². The lowest BCUT2D eigenvalue weighted by atomic mass is 10.0. The zero-order chi connectivity index (χ0) is 16.7. The normalized spacial score (nSPS) is 18.2. The highest BCUT2D eigenvalue weighted by atomic mass is 32.2. The van der Waals surface area contributed by atoms with Gasteiger partial charge in [0.25, 0.3) is 5.91 Å². The number of fused-ring (bicyclic) bond motifs is 1. The van der Waals surface area contributed by atoms with Gasteiger partial charge in [-0.25, -0.2) is 8.42 Å². The summed E-state index contributed by atoms with van der Waals surface area (Å²) < 4.78 is 25.9. The van der Waals surface area contributed by atoms with Crippen LogP contribution in [0.25, 0.3) is 0 Å². The number of hydrogen-bond acceptors (Lipinski definition) is 3. The number of carbonyl (C=O) groups excluding carboxylic acids is 1. The van der Waals surface area contributed by atoms with Gasteiger partial charge in [-0.05, 0) is 64.8 Å². The largest absolute Gasteiger partial charge is 0.347 e. The molecule has 0 aromatic heterocycles. The summed E-state index contributed by atoms with van der Waals surface area (Å²) in [5.41, 5.74) is 1.87. The summed E-state index contributed by atoms with van der Waals surface area (Å²) in [6.07, 6.45) is 0.630. The molecule has 22 heavy (non-hydrogen) atoms. The molecule has 1 aromatic carbocycles. The Balaban J connectivity index is 2.35. The van der Waals surface area contributed by atoms with Gasteiger partial charge in [-0.15, -0.1) is 0 Å². The van der Waals surface area contributed by atoms with Gasteiger partial charge < -0.3 is 5.32 Å². The van der Waals surface area contributed by atoms with Crippen LogP contribution in [0.3, 0.4) is 0 Å². The zero-order valence-electron chi connectivity index (χ0n) is 13.8. The zero-order valence-corrected chi connectivity index (χ0v) is 14.6. The monoisotopic (exact) mass is 324 g/mol. The second-order valence-electron chi connectivity index (χ2n) is 6.80. The summed E-state index contributed by atoms with van der Waals surface area (Å²) in [4.78, 5) is 12.2. The highest BCUT2D eigenvalue weighted by molar-refractivity contribution is 7.92. The fourth-order valence-corrected chi connectivity index (χ4v) is 4.10. The molecule has 1 heterocycles. The second kappa shape index (κ2) is 5.57. The smallest absolute Gasteiger partial charge is 0.251 e. The molecule has 0 bridgehead atoms. The fourth-order valence-electron chi connectivity index (χ4n) is 2.72. The molecule has 0 saturated carbocycles. The van der Waals surface area contributed by atoms with E-state index in [1.54, 1.807) is 25.1 Å². The van der Waals surface area contributed by atoms with Crippen LogP contribution in [-0.4, -0.2) is 31.7 Å². The Kier molecular flexibility index (Phi) is 4.26. The highest BCUT2D eigenvalue weighted by Crippen LogP contribution is 2.35. The minimum Gasteiger partial charge on any atom is -0.347 e. The van der Waals surface area contributed by atoms with Crippen molar-refractivity contribution in [2.75, 3.05) is 10.1 Å². The molecule has 1 aromatic rings. The maximum Gasteiger partial charge on any atom is 0.251 e. The van der Waals surface area contributed by atoms with Crippen LogP contribution in [0.2, 0.25) is 0 Å². The average Bonchev–Trinajstić information content (AvgIpc) is 2.72. The first-order chi connectivity index (χ1) is 10.0. The van der Waals surface area contributed by atoms with Gasteiger partial charge in [0, 0.05) is 17.1 Å². The van der Waals surface area contributed by atoms with Crippen LogP contribution in [-0.2, 0) is 16.4 Å². The van der Waals surface area contributed by atoms with Crippen molar-refractivity contribution in [3.8, 4) is 0 Å². The lowest BCUT2D eigenvalue weighted by Crippen LogP contribution is -2.40. The van der Waals surface area contributed by atoms with Gasteiger partial charge in [0.15, 0.2) is 0 Å². The molecule has 1 amide bonds. The molecule has 1 atom stereocenters. The van der Waals surface area contributed by atoms with Gasteiger partial charge in [-0.2, -0.15) is 0 Å². The lowest BCUT2D eigenvalue weighted by Gasteiger charge is -2.24. The first kappa shape index (κ1) is 16.8. The Bertz CT molecular complexity index is 690. The van der Waals surface area contributed by atoms with Crippen LogP contribution in [0.5, 0.6) is 0 Å². The van der Waals surface area contributed by atoms with E-state index in [-0.39, 0.29) is 23.2 Å². The number of carbonyl (C=O) groups is 1. The van der Waals surface area contributed by atoms with Crippen molar-refractivity contribution in [3.63, 3.8) is 0 Å². The van der Waals surface area contributed by atoms with Gasteiger partial charge in [0.1, 0.15) is 0 Å². The van der Waals surface area contributed by atoms with E-state index in [0.29, 0.717) is 17.7 Å². The molecule has 0 aliphatic carbocycles.